The lowest BCUT2D eigenvalue weighted by Gasteiger charge is -2.27. The fourth-order valence-electron chi connectivity index (χ4n) is 2.52. The van der Waals surface area contributed by atoms with Crippen LogP contribution < -0.4 is 11.5 Å². The summed E-state index contributed by atoms with van der Waals surface area (Å²) < 4.78 is 15.9. The maximum absolute atomic E-state index is 12.5. The zero-order valence-corrected chi connectivity index (χ0v) is 18.5. The van der Waals surface area contributed by atoms with E-state index in [1.165, 1.54) is 4.90 Å². The van der Waals surface area contributed by atoms with Gasteiger partial charge >= 0.3 is 18.0 Å². The summed E-state index contributed by atoms with van der Waals surface area (Å²) in [4.78, 5) is 38.1. The number of anilines is 2. The van der Waals surface area contributed by atoms with E-state index in [0.717, 1.165) is 0 Å². The van der Waals surface area contributed by atoms with Gasteiger partial charge in [-0.2, -0.15) is 0 Å². The summed E-state index contributed by atoms with van der Waals surface area (Å²) in [5.41, 5.74) is 12.3. The Labute approximate surface area is 187 Å². The van der Waals surface area contributed by atoms with Crippen LogP contribution in [0.25, 0.3) is 0 Å². The average molecular weight is 444 g/mol. The third-order valence-electron chi connectivity index (χ3n) is 4.13. The van der Waals surface area contributed by atoms with Crippen LogP contribution in [-0.2, 0) is 14.2 Å². The van der Waals surface area contributed by atoms with Gasteiger partial charge in [0.2, 0.25) is 0 Å². The molecule has 4 N–H and O–H groups in total. The van der Waals surface area contributed by atoms with E-state index in [1.54, 1.807) is 69.3 Å². The van der Waals surface area contributed by atoms with Gasteiger partial charge < -0.3 is 30.6 Å². The first-order valence-electron chi connectivity index (χ1n) is 10.1. The van der Waals surface area contributed by atoms with Gasteiger partial charge in [0.1, 0.15) is 18.8 Å². The molecule has 0 aliphatic carbocycles. The fraction of sp³-hybridized carbons (Fsp3) is 0.348. The van der Waals surface area contributed by atoms with Gasteiger partial charge in [0, 0.05) is 11.4 Å². The van der Waals surface area contributed by atoms with Crippen molar-refractivity contribution in [3.63, 3.8) is 0 Å². The van der Waals surface area contributed by atoms with Gasteiger partial charge in [-0.3, -0.25) is 0 Å². The first-order valence-corrected chi connectivity index (χ1v) is 10.1. The Kier molecular flexibility index (Phi) is 8.46. The van der Waals surface area contributed by atoms with Crippen LogP contribution in [0, 0.1) is 0 Å². The van der Waals surface area contributed by atoms with Crippen molar-refractivity contribution < 1.29 is 28.6 Å². The van der Waals surface area contributed by atoms with E-state index >= 15 is 0 Å². The van der Waals surface area contributed by atoms with Crippen molar-refractivity contribution in [2.24, 2.45) is 0 Å². The van der Waals surface area contributed by atoms with Crippen LogP contribution in [0.5, 0.6) is 0 Å². The maximum Gasteiger partial charge on any atom is 0.410 e. The number of ether oxygens (including phenoxy) is 3. The van der Waals surface area contributed by atoms with Gasteiger partial charge in [-0.05, 0) is 69.3 Å². The second kappa shape index (κ2) is 11.0. The number of carbonyl (C=O) groups excluding carboxylic acids is 3. The molecule has 0 aliphatic rings. The summed E-state index contributed by atoms with van der Waals surface area (Å²) in [6.45, 7) is 5.23. The highest BCUT2D eigenvalue weighted by atomic mass is 16.6. The molecule has 0 saturated carbocycles. The topological polar surface area (TPSA) is 134 Å². The van der Waals surface area contributed by atoms with Crippen molar-refractivity contribution >= 4 is 29.4 Å². The Balaban J connectivity index is 1.90. The molecule has 0 spiro atoms. The number of carbonyl (C=O) groups is 3. The quantitative estimate of drug-likeness (QED) is 0.361. The van der Waals surface area contributed by atoms with E-state index in [4.69, 9.17) is 25.7 Å². The van der Waals surface area contributed by atoms with Gasteiger partial charge in [0.15, 0.2) is 0 Å². The van der Waals surface area contributed by atoms with Gasteiger partial charge in [-0.1, -0.05) is 0 Å². The van der Waals surface area contributed by atoms with E-state index in [0.29, 0.717) is 22.5 Å². The molecule has 9 nitrogen and oxygen atoms in total. The lowest BCUT2D eigenvalue weighted by Crippen LogP contribution is -2.41. The van der Waals surface area contributed by atoms with Gasteiger partial charge in [-0.25, -0.2) is 14.4 Å². The summed E-state index contributed by atoms with van der Waals surface area (Å²) in [5.74, 6) is -1.08. The Hall–Kier alpha value is -3.75. The molecule has 0 aromatic heterocycles. The van der Waals surface area contributed by atoms with Crippen LogP contribution in [0.4, 0.5) is 16.2 Å². The summed E-state index contributed by atoms with van der Waals surface area (Å²) in [6.07, 6.45) is -0.607. The largest absolute Gasteiger partial charge is 0.460 e. The van der Waals surface area contributed by atoms with Crippen LogP contribution in [-0.4, -0.2) is 54.8 Å². The Morgan fingerprint density at radius 1 is 0.750 bits per heavy atom. The Bertz CT molecular complexity index is 857. The molecule has 32 heavy (non-hydrogen) atoms. The Morgan fingerprint density at radius 2 is 1.12 bits per heavy atom. The smallest absolute Gasteiger partial charge is 0.410 e. The molecule has 0 atom stereocenters. The zero-order valence-electron chi connectivity index (χ0n) is 18.5. The molecule has 2 aromatic carbocycles. The van der Waals surface area contributed by atoms with Gasteiger partial charge in [0.05, 0.1) is 24.2 Å². The average Bonchev–Trinajstić information content (AvgIpc) is 2.72. The van der Waals surface area contributed by atoms with Gasteiger partial charge in [-0.15, -0.1) is 0 Å². The first kappa shape index (κ1) is 24.5. The molecule has 9 heteroatoms. The predicted octanol–water partition coefficient (Wildman–Crippen LogP) is 3.10. The minimum atomic E-state index is -0.712. The molecule has 0 heterocycles. The van der Waals surface area contributed by atoms with Crippen LogP contribution in [0.15, 0.2) is 48.5 Å². The highest BCUT2D eigenvalue weighted by Gasteiger charge is 2.23. The van der Waals surface area contributed by atoms with Crippen LogP contribution in [0.3, 0.4) is 0 Å². The van der Waals surface area contributed by atoms with Crippen LogP contribution in [0.2, 0.25) is 0 Å². The van der Waals surface area contributed by atoms with Crippen molar-refractivity contribution in [1.82, 2.24) is 4.90 Å². The number of nitrogen functional groups attached to an aromatic ring is 2. The minimum absolute atomic E-state index is 0.0611. The molecule has 0 fully saturated rings. The van der Waals surface area contributed by atoms with Crippen molar-refractivity contribution in [1.29, 1.82) is 0 Å². The zero-order chi connectivity index (χ0) is 23.7. The molecule has 0 bridgehead atoms. The van der Waals surface area contributed by atoms with E-state index in [9.17, 15) is 14.4 Å². The molecule has 0 unspecified atom stereocenters. The van der Waals surface area contributed by atoms with E-state index in [2.05, 4.69) is 0 Å². The van der Waals surface area contributed by atoms with E-state index in [1.807, 2.05) is 0 Å². The van der Waals surface area contributed by atoms with Crippen molar-refractivity contribution in [3.05, 3.63) is 59.7 Å². The number of nitrogens with two attached hydrogens (primary N) is 2. The normalized spacial score (nSPS) is 10.8. The third kappa shape index (κ3) is 8.17. The number of rotatable bonds is 8. The number of amides is 1. The fourth-order valence-corrected chi connectivity index (χ4v) is 2.52. The number of benzene rings is 2. The molecule has 0 radical (unpaired) electrons. The molecule has 2 aromatic rings. The maximum atomic E-state index is 12.5. The second-order valence-electron chi connectivity index (χ2n) is 7.98. The standard InChI is InChI=1S/C23H29N3O6/c1-23(2,3)32-22(29)26(12-14-30-20(27)16-4-8-18(24)9-5-16)13-15-31-21(28)17-6-10-19(25)11-7-17/h4-11H,12-15,24-25H2,1-3H3. The third-order valence-corrected chi connectivity index (χ3v) is 4.13. The second-order valence-corrected chi connectivity index (χ2v) is 7.98. The van der Waals surface area contributed by atoms with Crippen LogP contribution >= 0.6 is 0 Å². The lowest BCUT2D eigenvalue weighted by atomic mass is 10.2. The van der Waals surface area contributed by atoms with Gasteiger partial charge in [0.25, 0.3) is 0 Å². The molecule has 172 valence electrons. The molecular weight excluding hydrogens is 414 g/mol. The summed E-state index contributed by atoms with van der Waals surface area (Å²) in [5, 5.41) is 0. The Morgan fingerprint density at radius 3 is 1.47 bits per heavy atom. The lowest BCUT2D eigenvalue weighted by molar-refractivity contribution is 0.00995. The number of nitrogens with zero attached hydrogens (tertiary/aromatic N) is 1. The monoisotopic (exact) mass is 443 g/mol. The van der Waals surface area contributed by atoms with E-state index < -0.39 is 23.6 Å². The SMILES string of the molecule is CC(C)(C)OC(=O)N(CCOC(=O)c1ccc(N)cc1)CCOC(=O)c1ccc(N)cc1. The molecule has 0 saturated heterocycles. The molecule has 2 rings (SSSR count). The highest BCUT2D eigenvalue weighted by Crippen LogP contribution is 2.11. The molecule has 0 aliphatic heterocycles. The number of hydrogen-bond acceptors (Lipinski definition) is 8. The minimum Gasteiger partial charge on any atom is -0.460 e. The first-order chi connectivity index (χ1) is 15.0. The number of hydrogen-bond donors (Lipinski definition) is 2. The summed E-state index contributed by atoms with van der Waals surface area (Å²) in [6, 6.07) is 12.6. The summed E-state index contributed by atoms with van der Waals surface area (Å²) in [7, 11) is 0. The van der Waals surface area contributed by atoms with Crippen molar-refractivity contribution in [2.45, 2.75) is 26.4 Å². The van der Waals surface area contributed by atoms with E-state index in [-0.39, 0.29) is 26.3 Å². The predicted molar refractivity (Wildman–Crippen MR) is 120 cm³/mol. The number of esters is 2. The highest BCUT2D eigenvalue weighted by molar-refractivity contribution is 5.90. The van der Waals surface area contributed by atoms with Crippen molar-refractivity contribution in [3.8, 4) is 0 Å². The molecule has 1 amide bonds. The van der Waals surface area contributed by atoms with Crippen LogP contribution in [0.1, 0.15) is 41.5 Å². The molecular formula is C23H29N3O6. The van der Waals surface area contributed by atoms with Crippen molar-refractivity contribution in [2.75, 3.05) is 37.8 Å². The summed E-state index contributed by atoms with van der Waals surface area (Å²) >= 11 is 0.